The van der Waals surface area contributed by atoms with Crippen molar-refractivity contribution in [2.75, 3.05) is 48.3 Å². The van der Waals surface area contributed by atoms with E-state index < -0.39 is 5.60 Å². The lowest BCUT2D eigenvalue weighted by Gasteiger charge is -2.36. The molecule has 1 aliphatic rings. The van der Waals surface area contributed by atoms with E-state index in [1.807, 2.05) is 39.0 Å². The molecule has 3 aromatic heterocycles. The van der Waals surface area contributed by atoms with E-state index in [0.29, 0.717) is 37.8 Å². The first-order valence-electron chi connectivity index (χ1n) is 12.8. The normalized spacial score (nSPS) is 13.8. The van der Waals surface area contributed by atoms with Crippen molar-refractivity contribution in [3.8, 4) is 11.3 Å². The van der Waals surface area contributed by atoms with Crippen LogP contribution in [-0.2, 0) is 4.74 Å². The summed E-state index contributed by atoms with van der Waals surface area (Å²) in [7, 11) is 0. The smallest absolute Gasteiger partial charge is 0.410 e. The van der Waals surface area contributed by atoms with Crippen molar-refractivity contribution in [2.45, 2.75) is 46.1 Å². The lowest BCUT2D eigenvalue weighted by Crippen LogP contribution is -2.50. The third-order valence-electron chi connectivity index (χ3n) is 5.80. The van der Waals surface area contributed by atoms with Gasteiger partial charge in [0, 0.05) is 68.6 Å². The highest BCUT2D eigenvalue weighted by atomic mass is 16.6. The van der Waals surface area contributed by atoms with E-state index in [-0.39, 0.29) is 6.09 Å². The molecule has 4 heterocycles. The molecule has 0 bridgehead atoms. The van der Waals surface area contributed by atoms with Gasteiger partial charge in [-0.05, 0) is 45.4 Å². The van der Waals surface area contributed by atoms with Crippen molar-refractivity contribution in [1.82, 2.24) is 24.8 Å². The van der Waals surface area contributed by atoms with E-state index in [1.54, 1.807) is 29.7 Å². The Labute approximate surface area is 218 Å². The lowest BCUT2D eigenvalue weighted by atomic mass is 10.1. The Hall–Kier alpha value is -3.95. The number of amides is 1. The fourth-order valence-electron chi connectivity index (χ4n) is 3.94. The van der Waals surface area contributed by atoms with Gasteiger partial charge >= 0.3 is 6.09 Å². The summed E-state index contributed by atoms with van der Waals surface area (Å²) in [6.07, 6.45) is 8.68. The van der Waals surface area contributed by atoms with Crippen LogP contribution in [-0.4, -0.2) is 69.3 Å². The summed E-state index contributed by atoms with van der Waals surface area (Å²) in [5, 5.41) is 6.75. The van der Waals surface area contributed by atoms with Crippen molar-refractivity contribution in [1.29, 1.82) is 0 Å². The van der Waals surface area contributed by atoms with Gasteiger partial charge in [-0.15, -0.1) is 0 Å². The van der Waals surface area contributed by atoms with Gasteiger partial charge in [0.15, 0.2) is 0 Å². The largest absolute Gasteiger partial charge is 0.444 e. The highest BCUT2D eigenvalue weighted by Gasteiger charge is 2.26. The number of carbonyl (C=O) groups excluding carboxylic acids is 1. The van der Waals surface area contributed by atoms with Crippen LogP contribution in [0.25, 0.3) is 11.3 Å². The zero-order valence-corrected chi connectivity index (χ0v) is 22.1. The Morgan fingerprint density at radius 2 is 1.84 bits per heavy atom. The number of nitrogens with zero attached hydrogens (tertiary/aromatic N) is 6. The van der Waals surface area contributed by atoms with Crippen LogP contribution in [0, 0.1) is 0 Å². The third kappa shape index (κ3) is 7.52. The highest BCUT2D eigenvalue weighted by Crippen LogP contribution is 2.28. The van der Waals surface area contributed by atoms with Crippen LogP contribution in [0.15, 0.2) is 49.1 Å². The molecular weight excluding hydrogens is 468 g/mol. The minimum Gasteiger partial charge on any atom is -0.444 e. The van der Waals surface area contributed by atoms with Gasteiger partial charge in [-0.25, -0.2) is 19.7 Å². The Bertz CT molecular complexity index is 1170. The van der Waals surface area contributed by atoms with Gasteiger partial charge in [0.05, 0.1) is 11.9 Å². The van der Waals surface area contributed by atoms with Crippen molar-refractivity contribution >= 4 is 29.2 Å². The minimum atomic E-state index is -0.502. The number of nitrogens with one attached hydrogen (secondary N) is 2. The second-order valence-corrected chi connectivity index (χ2v) is 9.98. The van der Waals surface area contributed by atoms with E-state index in [1.165, 1.54) is 0 Å². The van der Waals surface area contributed by atoms with Gasteiger partial charge in [0.25, 0.3) is 0 Å². The van der Waals surface area contributed by atoms with Crippen molar-refractivity contribution in [3.63, 3.8) is 0 Å². The number of unbranched alkanes of at least 4 members (excludes halogenated alkanes) is 1. The Morgan fingerprint density at radius 1 is 1.03 bits per heavy atom. The fraction of sp³-hybridized carbons (Fsp3) is 0.444. The molecule has 0 saturated carbocycles. The van der Waals surface area contributed by atoms with Crippen LogP contribution >= 0.6 is 0 Å². The molecule has 0 spiro atoms. The number of rotatable bonds is 8. The first kappa shape index (κ1) is 26.1. The number of hydrogen-bond acceptors (Lipinski definition) is 9. The van der Waals surface area contributed by atoms with Gasteiger partial charge < -0.3 is 25.2 Å². The average molecular weight is 505 g/mol. The first-order valence-corrected chi connectivity index (χ1v) is 12.8. The summed E-state index contributed by atoms with van der Waals surface area (Å²) in [5.41, 5.74) is 2.26. The lowest BCUT2D eigenvalue weighted by molar-refractivity contribution is 0.0240. The van der Waals surface area contributed by atoms with Crippen LogP contribution in [0.3, 0.4) is 0 Å². The quantitative estimate of drug-likeness (QED) is 0.412. The summed E-state index contributed by atoms with van der Waals surface area (Å²) in [6, 6.07) is 8.04. The Kier molecular flexibility index (Phi) is 8.37. The molecule has 2 N–H and O–H groups in total. The molecule has 37 heavy (non-hydrogen) atoms. The number of piperazine rings is 1. The molecule has 10 nitrogen and oxygen atoms in total. The number of carbonyl (C=O) groups is 1. The van der Waals surface area contributed by atoms with E-state index in [0.717, 1.165) is 42.1 Å². The fourth-order valence-corrected chi connectivity index (χ4v) is 3.94. The maximum atomic E-state index is 12.4. The number of pyridine rings is 2. The first-order chi connectivity index (χ1) is 17.8. The second kappa shape index (κ2) is 11.9. The molecule has 10 heteroatoms. The molecule has 0 aliphatic carbocycles. The van der Waals surface area contributed by atoms with E-state index in [4.69, 9.17) is 9.72 Å². The van der Waals surface area contributed by atoms with Crippen molar-refractivity contribution in [2.24, 2.45) is 0 Å². The SMILES string of the molecule is CCCCNc1cc(Nc2cnccn2)nc(-c2ccnc(N3CCN(C(=O)OC(C)(C)C)CC3)c2)c1. The molecule has 1 aliphatic heterocycles. The minimum absolute atomic E-state index is 0.270. The average Bonchev–Trinajstić information content (AvgIpc) is 2.88. The van der Waals surface area contributed by atoms with E-state index in [2.05, 4.69) is 43.5 Å². The van der Waals surface area contributed by atoms with Crippen LogP contribution in [0.1, 0.15) is 40.5 Å². The topological polar surface area (TPSA) is 108 Å². The zero-order valence-electron chi connectivity index (χ0n) is 22.1. The monoisotopic (exact) mass is 504 g/mol. The van der Waals surface area contributed by atoms with Crippen molar-refractivity contribution < 1.29 is 9.53 Å². The predicted molar refractivity (Wildman–Crippen MR) is 146 cm³/mol. The molecule has 0 unspecified atom stereocenters. The number of aromatic nitrogens is 4. The van der Waals surface area contributed by atoms with Crippen LogP contribution in [0.5, 0.6) is 0 Å². The van der Waals surface area contributed by atoms with Gasteiger partial charge in [-0.1, -0.05) is 13.3 Å². The molecule has 1 fully saturated rings. The Morgan fingerprint density at radius 3 is 2.54 bits per heavy atom. The van der Waals surface area contributed by atoms with E-state index in [9.17, 15) is 4.79 Å². The van der Waals surface area contributed by atoms with Gasteiger partial charge in [-0.2, -0.15) is 0 Å². The summed E-state index contributed by atoms with van der Waals surface area (Å²) < 4.78 is 5.52. The maximum Gasteiger partial charge on any atom is 0.410 e. The summed E-state index contributed by atoms with van der Waals surface area (Å²) >= 11 is 0. The molecule has 196 valence electrons. The molecule has 4 rings (SSSR count). The number of hydrogen-bond donors (Lipinski definition) is 2. The molecule has 3 aromatic rings. The molecular formula is C27H36N8O2. The summed E-state index contributed by atoms with van der Waals surface area (Å²) in [4.78, 5) is 34.3. The molecule has 1 amide bonds. The van der Waals surface area contributed by atoms with Gasteiger partial charge in [0.2, 0.25) is 0 Å². The molecule has 0 aromatic carbocycles. The molecule has 0 atom stereocenters. The number of anilines is 4. The van der Waals surface area contributed by atoms with Gasteiger partial charge in [-0.3, -0.25) is 4.98 Å². The standard InChI is InChI=1S/C27H36N8O2/c1-5-6-8-29-21-17-22(32-23(18-21)33-24-19-28-10-11-30-24)20-7-9-31-25(16-20)34-12-14-35(15-13-34)26(36)37-27(2,3)4/h7,9-11,16-19H,5-6,8,12-15H2,1-4H3,(H2,29,30,32,33). The zero-order chi connectivity index (χ0) is 26.3. The Balaban J connectivity index is 1.51. The predicted octanol–water partition coefficient (Wildman–Crippen LogP) is 4.95. The van der Waals surface area contributed by atoms with Gasteiger partial charge in [0.1, 0.15) is 23.1 Å². The molecule has 0 radical (unpaired) electrons. The molecule has 1 saturated heterocycles. The number of ether oxygens (including phenoxy) is 1. The summed E-state index contributed by atoms with van der Waals surface area (Å²) in [6.45, 7) is 11.2. The van der Waals surface area contributed by atoms with Crippen LogP contribution < -0.4 is 15.5 Å². The third-order valence-corrected chi connectivity index (χ3v) is 5.80. The second-order valence-electron chi connectivity index (χ2n) is 9.98. The van der Waals surface area contributed by atoms with E-state index >= 15 is 0 Å². The highest BCUT2D eigenvalue weighted by molar-refractivity contribution is 5.72. The maximum absolute atomic E-state index is 12.4. The van der Waals surface area contributed by atoms with Crippen molar-refractivity contribution in [3.05, 3.63) is 49.1 Å². The summed E-state index contributed by atoms with van der Waals surface area (Å²) in [5.74, 6) is 2.17. The van der Waals surface area contributed by atoms with Crippen LogP contribution in [0.2, 0.25) is 0 Å². The van der Waals surface area contributed by atoms with Crippen LogP contribution in [0.4, 0.5) is 27.9 Å².